The van der Waals surface area contributed by atoms with Crippen molar-refractivity contribution in [3.8, 4) is 0 Å². The number of rotatable bonds is 3. The minimum atomic E-state index is 0.158. The molecule has 1 atom stereocenters. The number of aromatic nitrogens is 2. The van der Waals surface area contributed by atoms with Gasteiger partial charge < -0.3 is 9.88 Å². The van der Waals surface area contributed by atoms with Gasteiger partial charge in [-0.2, -0.15) is 0 Å². The summed E-state index contributed by atoms with van der Waals surface area (Å²) in [5.74, 6) is 1.14. The van der Waals surface area contributed by atoms with Crippen molar-refractivity contribution in [3.63, 3.8) is 0 Å². The Balaban J connectivity index is 1.67. The van der Waals surface area contributed by atoms with Crippen LogP contribution in [0.25, 0.3) is 0 Å². The largest absolute Gasteiger partial charge is 0.347 e. The van der Waals surface area contributed by atoms with Crippen LogP contribution in [0.4, 0.5) is 0 Å². The second-order valence-corrected chi connectivity index (χ2v) is 6.10. The number of nitrogens with zero attached hydrogens (tertiary/aromatic N) is 3. The summed E-state index contributed by atoms with van der Waals surface area (Å²) in [5.41, 5.74) is 0. The Hall–Kier alpha value is -1.66. The summed E-state index contributed by atoms with van der Waals surface area (Å²) in [4.78, 5) is 25.2. The molecule has 0 aromatic carbocycles. The molecule has 3 rings (SSSR count). The first kappa shape index (κ1) is 13.3. The standard InChI is InChI=1S/C14H18N4OS/c1-17-6-7-18(10-12(17)14-15-4-5-16-14)13(19)9-11-3-2-8-20-11/h2-5,8,12H,6-7,9-10H2,1H3,(H,15,16)/t12-/m0/s1. The number of hydrogen-bond acceptors (Lipinski definition) is 4. The van der Waals surface area contributed by atoms with Gasteiger partial charge in [0.2, 0.25) is 5.91 Å². The highest BCUT2D eigenvalue weighted by Gasteiger charge is 2.29. The van der Waals surface area contributed by atoms with Gasteiger partial charge in [0.25, 0.3) is 0 Å². The van der Waals surface area contributed by atoms with Crippen molar-refractivity contribution in [1.29, 1.82) is 0 Å². The normalized spacial score (nSPS) is 20.2. The van der Waals surface area contributed by atoms with Crippen LogP contribution in [0.1, 0.15) is 16.7 Å². The second kappa shape index (κ2) is 5.76. The summed E-state index contributed by atoms with van der Waals surface area (Å²) in [5, 5.41) is 2.01. The van der Waals surface area contributed by atoms with Crippen molar-refractivity contribution >= 4 is 17.2 Å². The quantitative estimate of drug-likeness (QED) is 0.932. The molecule has 5 nitrogen and oxygen atoms in total. The van der Waals surface area contributed by atoms with Gasteiger partial charge in [0.1, 0.15) is 5.82 Å². The van der Waals surface area contributed by atoms with E-state index in [9.17, 15) is 4.79 Å². The summed E-state index contributed by atoms with van der Waals surface area (Å²) in [6.45, 7) is 2.37. The molecule has 1 N–H and O–H groups in total. The molecule has 0 spiro atoms. The fourth-order valence-corrected chi connectivity index (χ4v) is 3.23. The molecule has 106 valence electrons. The average Bonchev–Trinajstić information content (AvgIpc) is 3.11. The van der Waals surface area contributed by atoms with Gasteiger partial charge >= 0.3 is 0 Å². The lowest BCUT2D eigenvalue weighted by Gasteiger charge is -2.38. The zero-order valence-corrected chi connectivity index (χ0v) is 12.3. The van der Waals surface area contributed by atoms with Crippen molar-refractivity contribution in [2.75, 3.05) is 26.7 Å². The molecular formula is C14H18N4OS. The van der Waals surface area contributed by atoms with Gasteiger partial charge in [-0.25, -0.2) is 4.98 Å². The van der Waals surface area contributed by atoms with Crippen LogP contribution in [-0.4, -0.2) is 52.4 Å². The fourth-order valence-electron chi connectivity index (χ4n) is 2.53. The van der Waals surface area contributed by atoms with Crippen LogP contribution in [0.3, 0.4) is 0 Å². The predicted molar refractivity (Wildman–Crippen MR) is 78.6 cm³/mol. The van der Waals surface area contributed by atoms with Gasteiger partial charge in [-0.15, -0.1) is 11.3 Å². The van der Waals surface area contributed by atoms with Crippen LogP contribution < -0.4 is 0 Å². The molecule has 6 heteroatoms. The lowest BCUT2D eigenvalue weighted by molar-refractivity contribution is -0.133. The SMILES string of the molecule is CN1CCN(C(=O)Cc2cccs2)C[C@H]1c1ncc[nH]1. The van der Waals surface area contributed by atoms with Gasteiger partial charge in [-0.05, 0) is 18.5 Å². The van der Waals surface area contributed by atoms with E-state index in [2.05, 4.69) is 21.9 Å². The predicted octanol–water partition coefficient (Wildman–Crippen LogP) is 1.53. The number of H-pyrrole nitrogens is 1. The molecule has 1 amide bonds. The molecule has 2 aromatic rings. The lowest BCUT2D eigenvalue weighted by atomic mass is 10.1. The number of carbonyl (C=O) groups is 1. The van der Waals surface area contributed by atoms with Gasteiger partial charge in [0.15, 0.2) is 0 Å². The number of likely N-dealkylation sites (N-methyl/N-ethyl adjacent to an activating group) is 1. The Labute approximate surface area is 122 Å². The molecule has 1 aliphatic heterocycles. The number of nitrogens with one attached hydrogen (secondary N) is 1. The summed E-state index contributed by atoms with van der Waals surface area (Å²) >= 11 is 1.64. The van der Waals surface area contributed by atoms with Crippen LogP contribution in [0.2, 0.25) is 0 Å². The Morgan fingerprint density at radius 1 is 1.55 bits per heavy atom. The van der Waals surface area contributed by atoms with Crippen molar-refractivity contribution in [1.82, 2.24) is 19.8 Å². The summed E-state index contributed by atoms with van der Waals surface area (Å²) in [6, 6.07) is 4.16. The van der Waals surface area contributed by atoms with Gasteiger partial charge in [-0.3, -0.25) is 9.69 Å². The third-order valence-electron chi connectivity index (χ3n) is 3.74. The van der Waals surface area contributed by atoms with E-state index >= 15 is 0 Å². The van der Waals surface area contributed by atoms with E-state index in [-0.39, 0.29) is 11.9 Å². The van der Waals surface area contributed by atoms with Gasteiger partial charge in [0, 0.05) is 36.9 Å². The second-order valence-electron chi connectivity index (χ2n) is 5.07. The van der Waals surface area contributed by atoms with E-state index in [1.807, 2.05) is 28.6 Å². The molecule has 1 fully saturated rings. The van der Waals surface area contributed by atoms with Crippen molar-refractivity contribution < 1.29 is 4.79 Å². The van der Waals surface area contributed by atoms with Gasteiger partial charge in [-0.1, -0.05) is 6.07 Å². The van der Waals surface area contributed by atoms with Gasteiger partial charge in [0.05, 0.1) is 12.5 Å². The summed E-state index contributed by atoms with van der Waals surface area (Å²) < 4.78 is 0. The average molecular weight is 290 g/mol. The number of hydrogen-bond donors (Lipinski definition) is 1. The smallest absolute Gasteiger partial charge is 0.227 e. The Morgan fingerprint density at radius 2 is 2.45 bits per heavy atom. The van der Waals surface area contributed by atoms with E-state index in [0.29, 0.717) is 13.0 Å². The summed E-state index contributed by atoms with van der Waals surface area (Å²) in [6.07, 6.45) is 4.09. The Kier molecular flexibility index (Phi) is 3.84. The van der Waals surface area contributed by atoms with Crippen LogP contribution in [-0.2, 0) is 11.2 Å². The third kappa shape index (κ3) is 2.76. The minimum Gasteiger partial charge on any atom is -0.347 e. The maximum Gasteiger partial charge on any atom is 0.227 e. The topological polar surface area (TPSA) is 52.2 Å². The fraction of sp³-hybridized carbons (Fsp3) is 0.429. The van der Waals surface area contributed by atoms with Crippen LogP contribution in [0, 0.1) is 0 Å². The lowest BCUT2D eigenvalue weighted by Crippen LogP contribution is -2.49. The Morgan fingerprint density at radius 3 is 3.15 bits per heavy atom. The molecule has 20 heavy (non-hydrogen) atoms. The van der Waals surface area contributed by atoms with Crippen molar-refractivity contribution in [2.24, 2.45) is 0 Å². The molecule has 2 aromatic heterocycles. The maximum absolute atomic E-state index is 12.4. The number of imidazole rings is 1. The maximum atomic E-state index is 12.4. The zero-order valence-electron chi connectivity index (χ0n) is 11.5. The third-order valence-corrected chi connectivity index (χ3v) is 4.62. The molecule has 1 saturated heterocycles. The van der Waals surface area contributed by atoms with E-state index in [4.69, 9.17) is 0 Å². The highest BCUT2D eigenvalue weighted by molar-refractivity contribution is 7.10. The van der Waals surface area contributed by atoms with Crippen LogP contribution in [0.15, 0.2) is 29.9 Å². The van der Waals surface area contributed by atoms with E-state index in [1.165, 1.54) is 0 Å². The van der Waals surface area contributed by atoms with E-state index in [1.54, 1.807) is 17.5 Å². The summed E-state index contributed by atoms with van der Waals surface area (Å²) in [7, 11) is 2.08. The van der Waals surface area contributed by atoms with Crippen molar-refractivity contribution in [3.05, 3.63) is 40.6 Å². The first-order valence-corrected chi connectivity index (χ1v) is 7.61. The number of amides is 1. The number of thiophene rings is 1. The molecule has 1 aliphatic rings. The monoisotopic (exact) mass is 290 g/mol. The number of carbonyl (C=O) groups excluding carboxylic acids is 1. The zero-order chi connectivity index (χ0) is 13.9. The molecule has 0 radical (unpaired) electrons. The van der Waals surface area contributed by atoms with Crippen molar-refractivity contribution in [2.45, 2.75) is 12.5 Å². The van der Waals surface area contributed by atoms with Crippen LogP contribution in [0.5, 0.6) is 0 Å². The van der Waals surface area contributed by atoms with E-state index in [0.717, 1.165) is 23.8 Å². The first-order chi connectivity index (χ1) is 9.74. The van der Waals surface area contributed by atoms with E-state index < -0.39 is 0 Å². The molecular weight excluding hydrogens is 272 g/mol. The molecule has 0 saturated carbocycles. The molecule has 3 heterocycles. The molecule has 0 aliphatic carbocycles. The number of aromatic amines is 1. The Bertz CT molecular complexity index is 552. The highest BCUT2D eigenvalue weighted by Crippen LogP contribution is 2.22. The van der Waals surface area contributed by atoms with Crippen LogP contribution >= 0.6 is 11.3 Å². The minimum absolute atomic E-state index is 0.158. The molecule has 0 unspecified atom stereocenters. The number of piperazine rings is 1. The highest BCUT2D eigenvalue weighted by atomic mass is 32.1. The molecule has 0 bridgehead atoms. The first-order valence-electron chi connectivity index (χ1n) is 6.73.